The van der Waals surface area contributed by atoms with E-state index >= 15 is 0 Å². The third kappa shape index (κ3) is 2.54. The molecule has 0 amide bonds. The van der Waals surface area contributed by atoms with E-state index < -0.39 is 5.56 Å². The van der Waals surface area contributed by atoms with Gasteiger partial charge in [0.2, 0.25) is 11.8 Å². The summed E-state index contributed by atoms with van der Waals surface area (Å²) in [6.45, 7) is 0. The molecule has 0 aliphatic heterocycles. The lowest BCUT2D eigenvalue weighted by Crippen LogP contribution is -2.09. The smallest absolute Gasteiger partial charge is 0.256 e. The largest absolute Gasteiger partial charge is 0.495 e. The van der Waals surface area contributed by atoms with Crippen LogP contribution in [-0.4, -0.2) is 22.2 Å². The molecule has 0 saturated carbocycles. The molecule has 2 rings (SSSR count). The monoisotopic (exact) mass is 233 g/mol. The van der Waals surface area contributed by atoms with Gasteiger partial charge in [-0.1, -0.05) is 12.1 Å². The fourth-order valence-corrected chi connectivity index (χ4v) is 1.38. The molecule has 6 nitrogen and oxygen atoms in total. The third-order valence-corrected chi connectivity index (χ3v) is 2.09. The van der Waals surface area contributed by atoms with E-state index in [1.165, 1.54) is 0 Å². The van der Waals surface area contributed by atoms with Gasteiger partial charge >= 0.3 is 0 Å². The molecule has 0 fully saturated rings. The molecule has 17 heavy (non-hydrogen) atoms. The second kappa shape index (κ2) is 4.56. The Kier molecular flexibility index (Phi) is 2.95. The number of nitrogens with one attached hydrogen (secondary N) is 2. The van der Waals surface area contributed by atoms with Crippen molar-refractivity contribution in [1.82, 2.24) is 9.97 Å². The minimum atomic E-state index is -0.435. The average Bonchev–Trinajstić information content (AvgIpc) is 2.28. The standard InChI is InChI=1S/C11H11N3O3/c1-17-8-5-3-2-4-7(8)12-11-13-9(15)6-10(16)14-11/h2-6H,1H3,(H3,12,13,14,15,16). The highest BCUT2D eigenvalue weighted by Crippen LogP contribution is 2.25. The van der Waals surface area contributed by atoms with Crippen LogP contribution in [0.1, 0.15) is 0 Å². The van der Waals surface area contributed by atoms with Gasteiger partial charge in [0.05, 0.1) is 18.9 Å². The topological polar surface area (TPSA) is 87.2 Å². The van der Waals surface area contributed by atoms with Gasteiger partial charge in [-0.05, 0) is 12.1 Å². The predicted octanol–water partition coefficient (Wildman–Crippen LogP) is 1.23. The summed E-state index contributed by atoms with van der Waals surface area (Å²) in [7, 11) is 1.54. The zero-order valence-corrected chi connectivity index (χ0v) is 9.10. The predicted molar refractivity (Wildman–Crippen MR) is 62.8 cm³/mol. The highest BCUT2D eigenvalue weighted by Gasteiger charge is 2.04. The molecule has 0 spiro atoms. The molecule has 0 saturated heterocycles. The normalized spacial score (nSPS) is 9.94. The number of benzene rings is 1. The Morgan fingerprint density at radius 3 is 2.88 bits per heavy atom. The number of hydrogen-bond acceptors (Lipinski definition) is 5. The zero-order chi connectivity index (χ0) is 12.3. The van der Waals surface area contributed by atoms with E-state index in [-0.39, 0.29) is 11.8 Å². The van der Waals surface area contributed by atoms with Crippen molar-refractivity contribution in [1.29, 1.82) is 0 Å². The Morgan fingerprint density at radius 1 is 1.41 bits per heavy atom. The highest BCUT2D eigenvalue weighted by atomic mass is 16.5. The van der Waals surface area contributed by atoms with Gasteiger partial charge in [0.15, 0.2) is 0 Å². The van der Waals surface area contributed by atoms with E-state index in [0.29, 0.717) is 11.4 Å². The third-order valence-electron chi connectivity index (χ3n) is 2.09. The van der Waals surface area contributed by atoms with Gasteiger partial charge in [-0.2, -0.15) is 4.98 Å². The van der Waals surface area contributed by atoms with E-state index in [1.54, 1.807) is 19.2 Å². The number of methoxy groups -OCH3 is 1. The number of aromatic nitrogens is 2. The molecule has 1 aromatic carbocycles. The molecular formula is C11H11N3O3. The first kappa shape index (κ1) is 11.0. The number of hydrogen-bond donors (Lipinski definition) is 3. The lowest BCUT2D eigenvalue weighted by molar-refractivity contribution is 0.416. The molecule has 6 heteroatoms. The Balaban J connectivity index is 2.34. The first-order chi connectivity index (χ1) is 8.19. The quantitative estimate of drug-likeness (QED) is 0.742. The highest BCUT2D eigenvalue weighted by molar-refractivity contribution is 5.62. The average molecular weight is 233 g/mol. The number of nitrogens with zero attached hydrogens (tertiary/aromatic N) is 1. The van der Waals surface area contributed by atoms with Gasteiger partial charge in [-0.3, -0.25) is 9.78 Å². The maximum Gasteiger partial charge on any atom is 0.256 e. The lowest BCUT2D eigenvalue weighted by atomic mass is 10.3. The van der Waals surface area contributed by atoms with Gasteiger partial charge in [-0.25, -0.2) is 0 Å². The van der Waals surface area contributed by atoms with Gasteiger partial charge < -0.3 is 15.2 Å². The number of H-pyrrole nitrogens is 1. The van der Waals surface area contributed by atoms with Crippen molar-refractivity contribution < 1.29 is 9.84 Å². The van der Waals surface area contributed by atoms with Crippen LogP contribution in [0.2, 0.25) is 0 Å². The van der Waals surface area contributed by atoms with Crippen molar-refractivity contribution in [3.05, 3.63) is 40.7 Å². The molecule has 0 bridgehead atoms. The van der Waals surface area contributed by atoms with Crippen molar-refractivity contribution in [3.63, 3.8) is 0 Å². The summed E-state index contributed by atoms with van der Waals surface area (Å²) in [5.74, 6) is 0.420. The van der Waals surface area contributed by atoms with Crippen molar-refractivity contribution in [3.8, 4) is 11.6 Å². The summed E-state index contributed by atoms with van der Waals surface area (Å²) in [6, 6.07) is 8.16. The number of aromatic hydroxyl groups is 1. The second-order valence-corrected chi connectivity index (χ2v) is 3.28. The first-order valence-corrected chi connectivity index (χ1v) is 4.89. The Morgan fingerprint density at radius 2 is 2.18 bits per heavy atom. The minimum Gasteiger partial charge on any atom is -0.495 e. The van der Waals surface area contributed by atoms with Crippen molar-refractivity contribution in [2.45, 2.75) is 0 Å². The van der Waals surface area contributed by atoms with Crippen molar-refractivity contribution in [2.75, 3.05) is 12.4 Å². The van der Waals surface area contributed by atoms with Crippen LogP contribution in [-0.2, 0) is 0 Å². The Hall–Kier alpha value is -2.50. The molecule has 0 aliphatic rings. The van der Waals surface area contributed by atoms with Crippen LogP contribution in [0.15, 0.2) is 35.1 Å². The maximum absolute atomic E-state index is 11.1. The van der Waals surface area contributed by atoms with Crippen LogP contribution in [0, 0.1) is 0 Å². The first-order valence-electron chi connectivity index (χ1n) is 4.89. The molecule has 3 N–H and O–H groups in total. The summed E-state index contributed by atoms with van der Waals surface area (Å²) in [6.07, 6.45) is 0. The number of anilines is 2. The van der Waals surface area contributed by atoms with E-state index in [0.717, 1.165) is 6.07 Å². The molecule has 1 aromatic heterocycles. The number of ether oxygens (including phenoxy) is 1. The fraction of sp³-hybridized carbons (Fsp3) is 0.0909. The Labute approximate surface area is 96.9 Å². The summed E-state index contributed by atoms with van der Waals surface area (Å²) in [5.41, 5.74) is 0.207. The summed E-state index contributed by atoms with van der Waals surface area (Å²) in [4.78, 5) is 17.3. The number of para-hydroxylation sites is 2. The van der Waals surface area contributed by atoms with Crippen LogP contribution in [0.25, 0.3) is 0 Å². The van der Waals surface area contributed by atoms with Gasteiger partial charge in [0, 0.05) is 0 Å². The van der Waals surface area contributed by atoms with Crippen LogP contribution >= 0.6 is 0 Å². The molecular weight excluding hydrogens is 222 g/mol. The molecule has 0 radical (unpaired) electrons. The fourth-order valence-electron chi connectivity index (χ4n) is 1.38. The van der Waals surface area contributed by atoms with Gasteiger partial charge in [-0.15, -0.1) is 0 Å². The van der Waals surface area contributed by atoms with E-state index in [2.05, 4.69) is 15.3 Å². The zero-order valence-electron chi connectivity index (χ0n) is 9.10. The van der Waals surface area contributed by atoms with Crippen LogP contribution in [0.3, 0.4) is 0 Å². The second-order valence-electron chi connectivity index (χ2n) is 3.28. The van der Waals surface area contributed by atoms with Crippen LogP contribution < -0.4 is 15.6 Å². The molecule has 1 heterocycles. The van der Waals surface area contributed by atoms with Crippen LogP contribution in [0.4, 0.5) is 11.6 Å². The summed E-state index contributed by atoms with van der Waals surface area (Å²) < 4.78 is 5.13. The van der Waals surface area contributed by atoms with Crippen molar-refractivity contribution in [2.24, 2.45) is 0 Å². The maximum atomic E-state index is 11.1. The van der Waals surface area contributed by atoms with Gasteiger partial charge in [0.25, 0.3) is 5.56 Å². The van der Waals surface area contributed by atoms with Crippen LogP contribution in [0.5, 0.6) is 11.6 Å². The Bertz CT molecular complexity index is 580. The molecule has 0 atom stereocenters. The molecule has 0 aliphatic carbocycles. The van der Waals surface area contributed by atoms with E-state index in [1.807, 2.05) is 12.1 Å². The molecule has 2 aromatic rings. The van der Waals surface area contributed by atoms with Crippen molar-refractivity contribution >= 4 is 11.6 Å². The molecule has 88 valence electrons. The van der Waals surface area contributed by atoms with E-state index in [4.69, 9.17) is 4.74 Å². The molecule has 0 unspecified atom stereocenters. The number of aromatic amines is 1. The minimum absolute atomic E-state index is 0.152. The SMILES string of the molecule is COc1ccccc1Nc1nc(O)cc(=O)[nH]1. The summed E-state index contributed by atoms with van der Waals surface area (Å²) in [5, 5.41) is 12.0. The lowest BCUT2D eigenvalue weighted by Gasteiger charge is -2.09. The number of rotatable bonds is 3. The van der Waals surface area contributed by atoms with E-state index in [9.17, 15) is 9.90 Å². The van der Waals surface area contributed by atoms with Gasteiger partial charge in [0.1, 0.15) is 5.75 Å². The summed E-state index contributed by atoms with van der Waals surface area (Å²) >= 11 is 0.